The van der Waals surface area contributed by atoms with Crippen LogP contribution >= 0.6 is 15.9 Å². The Labute approximate surface area is 78.5 Å². The Morgan fingerprint density at radius 3 is 2.75 bits per heavy atom. The number of hydrogen-bond acceptors (Lipinski definition) is 0. The van der Waals surface area contributed by atoms with Crippen LogP contribution < -0.4 is 5.09 Å². The molecule has 0 saturated heterocycles. The van der Waals surface area contributed by atoms with Crippen molar-refractivity contribution in [3.8, 4) is 0 Å². The Hall–Kier alpha value is 0.140. The summed E-state index contributed by atoms with van der Waals surface area (Å²) in [6.45, 7) is 2.26. The molecule has 0 fully saturated rings. The minimum Gasteiger partial charge on any atom is -0.230 e. The molecule has 1 rings (SSSR count). The first kappa shape index (κ1) is 10.2. The van der Waals surface area contributed by atoms with Gasteiger partial charge in [-0.25, -0.2) is 5.09 Å². The van der Waals surface area contributed by atoms with Crippen LogP contribution in [0.5, 0.6) is 0 Å². The zero-order valence-corrected chi connectivity index (χ0v) is 9.45. The van der Waals surface area contributed by atoms with Crippen LogP contribution in [0.25, 0.3) is 0 Å². The lowest BCUT2D eigenvalue weighted by atomic mass is 10.1. The van der Waals surface area contributed by atoms with Crippen LogP contribution in [0.3, 0.4) is 0 Å². The third-order valence-corrected chi connectivity index (χ3v) is 4.22. The summed E-state index contributed by atoms with van der Waals surface area (Å²) in [7, 11) is 2.66. The van der Waals surface area contributed by atoms with E-state index in [-0.39, 0.29) is 0 Å². The van der Waals surface area contributed by atoms with Gasteiger partial charge in [-0.15, -0.1) is 0 Å². The molecule has 0 bridgehead atoms. The fourth-order valence-corrected chi connectivity index (χ4v) is 3.15. The van der Waals surface area contributed by atoms with E-state index in [1.54, 1.807) is 0 Å². The average molecular weight is 200 g/mol. The lowest BCUT2D eigenvalue weighted by Crippen LogP contribution is -1.79. The van der Waals surface area contributed by atoms with E-state index >= 15 is 0 Å². The monoisotopic (exact) mass is 200 g/mol. The van der Waals surface area contributed by atoms with Crippen LogP contribution in [-0.2, 0) is 0 Å². The molecule has 1 radical (unpaired) electrons. The smallest absolute Gasteiger partial charge is 0.0696 e. The van der Waals surface area contributed by atoms with Crippen molar-refractivity contribution < 1.29 is 0 Å². The van der Waals surface area contributed by atoms with Gasteiger partial charge >= 0.3 is 0 Å². The molecule has 0 amide bonds. The van der Waals surface area contributed by atoms with E-state index in [0.29, 0.717) is 0 Å². The molecule has 0 aliphatic carbocycles. The van der Waals surface area contributed by atoms with Gasteiger partial charge < -0.3 is 0 Å². The van der Waals surface area contributed by atoms with Gasteiger partial charge in [0.2, 0.25) is 0 Å². The molecule has 3 heteroatoms. The molecule has 1 aliphatic heterocycles. The molecule has 0 N–H and O–H groups in total. The Kier molecular flexibility index (Phi) is 5.65. The van der Waals surface area contributed by atoms with E-state index in [2.05, 4.69) is 18.2 Å². The van der Waals surface area contributed by atoms with E-state index < -0.39 is 0 Å². The Balaban J connectivity index is 1.92. The molecule has 0 atom stereocenters. The standard InChI is InChI=1S/C9H16NP2/c1-2-3-4-5-6-7-9-8-10-12-11-9/h8H,2-7H2,1H3. The van der Waals surface area contributed by atoms with Crippen LogP contribution in [0.1, 0.15) is 45.4 Å². The maximum absolute atomic E-state index is 4.18. The predicted molar refractivity (Wildman–Crippen MR) is 57.4 cm³/mol. The minimum absolute atomic E-state index is 1.23. The molecular weight excluding hydrogens is 184 g/mol. The molecule has 1 aliphatic rings. The number of rotatable bonds is 6. The number of hydrogen-bond donors (Lipinski definition) is 0. The summed E-state index contributed by atoms with van der Waals surface area (Å²) >= 11 is 0. The highest BCUT2D eigenvalue weighted by atomic mass is 31.7. The lowest BCUT2D eigenvalue weighted by Gasteiger charge is -1.98. The fourth-order valence-electron chi connectivity index (χ4n) is 1.23. The van der Waals surface area contributed by atoms with Crippen LogP contribution in [0.2, 0.25) is 0 Å². The lowest BCUT2D eigenvalue weighted by molar-refractivity contribution is 0.635. The average Bonchev–Trinajstić information content (AvgIpc) is 2.57. The molecule has 0 aromatic rings. The zero-order chi connectivity index (χ0) is 8.65. The second-order valence-electron chi connectivity index (χ2n) is 3.09. The maximum Gasteiger partial charge on any atom is 0.0696 e. The summed E-state index contributed by atoms with van der Waals surface area (Å²) in [5.74, 6) is 0. The van der Waals surface area contributed by atoms with Gasteiger partial charge in [-0.2, -0.15) is 0 Å². The van der Waals surface area contributed by atoms with E-state index in [4.69, 9.17) is 0 Å². The van der Waals surface area contributed by atoms with Gasteiger partial charge in [-0.05, 0) is 20.7 Å². The van der Waals surface area contributed by atoms with Crippen molar-refractivity contribution in [2.24, 2.45) is 0 Å². The van der Waals surface area contributed by atoms with Crippen molar-refractivity contribution in [1.82, 2.24) is 5.09 Å². The Morgan fingerprint density at radius 1 is 1.25 bits per heavy atom. The zero-order valence-electron chi connectivity index (χ0n) is 7.66. The van der Waals surface area contributed by atoms with Gasteiger partial charge in [0, 0.05) is 11.5 Å². The number of nitrogens with zero attached hydrogens (tertiary/aromatic N) is 1. The second-order valence-corrected chi connectivity index (χ2v) is 5.41. The first-order valence-corrected chi connectivity index (χ1v) is 7.18. The highest BCUT2D eigenvalue weighted by molar-refractivity contribution is 7.85. The fraction of sp³-hybridized carbons (Fsp3) is 0.778. The Bertz CT molecular complexity index is 175. The topological polar surface area (TPSA) is 14.1 Å². The molecule has 0 spiro atoms. The van der Waals surface area contributed by atoms with E-state index in [1.807, 2.05) is 0 Å². The highest BCUT2D eigenvalue weighted by Gasteiger charge is 1.99. The van der Waals surface area contributed by atoms with E-state index in [1.165, 1.54) is 59.7 Å². The van der Waals surface area contributed by atoms with Gasteiger partial charge in [0.25, 0.3) is 0 Å². The summed E-state index contributed by atoms with van der Waals surface area (Å²) in [5, 5.41) is 5.71. The van der Waals surface area contributed by atoms with Crippen LogP contribution in [-0.4, -0.2) is 0 Å². The van der Waals surface area contributed by atoms with Crippen molar-refractivity contribution in [2.45, 2.75) is 45.4 Å². The SMILES string of the molecule is CCCCCCCC1=C[N]P=P1. The molecule has 0 saturated carbocycles. The van der Waals surface area contributed by atoms with Crippen LogP contribution in [0.15, 0.2) is 11.5 Å². The van der Waals surface area contributed by atoms with Crippen molar-refractivity contribution in [2.75, 3.05) is 0 Å². The first-order valence-electron chi connectivity index (χ1n) is 4.73. The Morgan fingerprint density at radius 2 is 2.08 bits per heavy atom. The number of allylic oxidation sites excluding steroid dienone is 1. The molecule has 0 aromatic carbocycles. The molecule has 0 aromatic heterocycles. The predicted octanol–water partition coefficient (Wildman–Crippen LogP) is 4.53. The first-order chi connectivity index (χ1) is 5.93. The summed E-state index contributed by atoms with van der Waals surface area (Å²) in [6, 6.07) is 0. The van der Waals surface area contributed by atoms with Crippen LogP contribution in [0.4, 0.5) is 0 Å². The summed E-state index contributed by atoms with van der Waals surface area (Å²) < 4.78 is 0. The van der Waals surface area contributed by atoms with Gasteiger partial charge in [0.15, 0.2) is 0 Å². The van der Waals surface area contributed by atoms with Gasteiger partial charge in [0.1, 0.15) is 0 Å². The second kappa shape index (κ2) is 6.63. The summed E-state index contributed by atoms with van der Waals surface area (Å²) in [5.41, 5.74) is 0. The summed E-state index contributed by atoms with van der Waals surface area (Å²) in [4.78, 5) is 0. The quantitative estimate of drug-likeness (QED) is 0.441. The minimum atomic E-state index is 1.23. The van der Waals surface area contributed by atoms with Gasteiger partial charge in [0.05, 0.1) is 8.02 Å². The van der Waals surface area contributed by atoms with E-state index in [0.717, 1.165) is 0 Å². The molecule has 67 valence electrons. The van der Waals surface area contributed by atoms with Crippen molar-refractivity contribution in [1.29, 1.82) is 0 Å². The molecule has 1 heterocycles. The summed E-state index contributed by atoms with van der Waals surface area (Å²) in [6.07, 6.45) is 10.3. The molecule has 12 heavy (non-hydrogen) atoms. The number of unbranched alkanes of at least 4 members (excludes halogenated alkanes) is 4. The third kappa shape index (κ3) is 4.24. The largest absolute Gasteiger partial charge is 0.230 e. The van der Waals surface area contributed by atoms with Crippen molar-refractivity contribution >= 4 is 15.9 Å². The highest BCUT2D eigenvalue weighted by Crippen LogP contribution is 2.33. The van der Waals surface area contributed by atoms with Gasteiger partial charge in [-0.1, -0.05) is 32.6 Å². The van der Waals surface area contributed by atoms with E-state index in [9.17, 15) is 0 Å². The van der Waals surface area contributed by atoms with Crippen LogP contribution in [0, 0.1) is 0 Å². The third-order valence-electron chi connectivity index (χ3n) is 1.97. The normalized spacial score (nSPS) is 17.2. The van der Waals surface area contributed by atoms with Gasteiger partial charge in [-0.3, -0.25) is 0 Å². The van der Waals surface area contributed by atoms with Crippen molar-refractivity contribution in [3.05, 3.63) is 11.5 Å². The molecular formula is C9H16NP2. The van der Waals surface area contributed by atoms with Crippen molar-refractivity contribution in [3.63, 3.8) is 0 Å². The molecule has 0 unspecified atom stereocenters. The maximum atomic E-state index is 4.18. The molecule has 1 nitrogen and oxygen atoms in total.